The van der Waals surface area contributed by atoms with Gasteiger partial charge in [0, 0.05) is 0 Å². The molecule has 0 radical (unpaired) electrons. The van der Waals surface area contributed by atoms with Crippen molar-refractivity contribution in [1.82, 2.24) is 5.32 Å². The molecule has 0 aromatic carbocycles. The van der Waals surface area contributed by atoms with Crippen molar-refractivity contribution in [2.45, 2.75) is 20.3 Å². The minimum absolute atomic E-state index is 0.0498. The second kappa shape index (κ2) is 4.45. The molecule has 12 heavy (non-hydrogen) atoms. The van der Waals surface area contributed by atoms with E-state index in [0.29, 0.717) is 12.5 Å². The minimum atomic E-state index is -0.0498. The van der Waals surface area contributed by atoms with Gasteiger partial charge in [-0.05, 0) is 32.4 Å². The van der Waals surface area contributed by atoms with E-state index in [2.05, 4.69) is 5.32 Å². The van der Waals surface area contributed by atoms with E-state index in [1.54, 1.807) is 0 Å². The summed E-state index contributed by atoms with van der Waals surface area (Å²) in [7, 11) is 0. The summed E-state index contributed by atoms with van der Waals surface area (Å²) in [4.78, 5) is 11.3. The summed E-state index contributed by atoms with van der Waals surface area (Å²) in [6, 6.07) is 0. The maximum atomic E-state index is 11.3. The van der Waals surface area contributed by atoms with Crippen LogP contribution in [0.3, 0.4) is 0 Å². The highest BCUT2D eigenvalue weighted by Gasteiger charge is 2.27. The Kier molecular flexibility index (Phi) is 3.53. The highest BCUT2D eigenvalue weighted by molar-refractivity contribution is 5.72. The highest BCUT2D eigenvalue weighted by Crippen LogP contribution is 2.19. The van der Waals surface area contributed by atoms with E-state index in [1.165, 1.54) is 0 Å². The molecule has 1 aliphatic rings. The Hall–Kier alpha value is -0.570. The van der Waals surface area contributed by atoms with Crippen LogP contribution in [0.5, 0.6) is 0 Å². The maximum absolute atomic E-state index is 11.3. The molecule has 0 bridgehead atoms. The summed E-state index contributed by atoms with van der Waals surface area (Å²) in [5.74, 6) is 0.482. The third kappa shape index (κ3) is 2.21. The first-order valence-electron chi connectivity index (χ1n) is 4.63. The second-order valence-corrected chi connectivity index (χ2v) is 3.29. The lowest BCUT2D eigenvalue weighted by molar-refractivity contribution is -0.149. The Bertz CT molecular complexity index is 153. The molecule has 1 rings (SSSR count). The van der Waals surface area contributed by atoms with Crippen LogP contribution in [-0.4, -0.2) is 25.7 Å². The molecule has 0 aromatic heterocycles. The van der Waals surface area contributed by atoms with Crippen molar-refractivity contribution in [1.29, 1.82) is 0 Å². The number of rotatable bonds is 3. The minimum Gasteiger partial charge on any atom is -0.466 e. The highest BCUT2D eigenvalue weighted by atomic mass is 16.5. The van der Waals surface area contributed by atoms with Crippen molar-refractivity contribution < 1.29 is 9.53 Å². The van der Waals surface area contributed by atoms with Crippen LogP contribution in [0, 0.1) is 11.8 Å². The first kappa shape index (κ1) is 9.52. The second-order valence-electron chi connectivity index (χ2n) is 3.29. The molecule has 2 atom stereocenters. The molecule has 1 N–H and O–H groups in total. The van der Waals surface area contributed by atoms with Gasteiger partial charge in [0.2, 0.25) is 0 Å². The topological polar surface area (TPSA) is 38.3 Å². The van der Waals surface area contributed by atoms with Crippen molar-refractivity contribution in [3.8, 4) is 0 Å². The molecule has 70 valence electrons. The largest absolute Gasteiger partial charge is 0.466 e. The molecule has 0 aliphatic carbocycles. The first-order chi connectivity index (χ1) is 5.75. The lowest BCUT2D eigenvalue weighted by Crippen LogP contribution is -2.24. The van der Waals surface area contributed by atoms with Crippen LogP contribution in [0.4, 0.5) is 0 Å². The number of carbonyl (C=O) groups is 1. The quantitative estimate of drug-likeness (QED) is 0.638. The number of nitrogens with one attached hydrogen (secondary N) is 1. The molecule has 0 spiro atoms. The lowest BCUT2D eigenvalue weighted by Gasteiger charge is -2.15. The maximum Gasteiger partial charge on any atom is 0.308 e. The van der Waals surface area contributed by atoms with Gasteiger partial charge in [0.25, 0.3) is 0 Å². The fourth-order valence-electron chi connectivity index (χ4n) is 1.57. The smallest absolute Gasteiger partial charge is 0.308 e. The van der Waals surface area contributed by atoms with E-state index >= 15 is 0 Å². The zero-order valence-electron chi connectivity index (χ0n) is 7.80. The molecular formula is C9H17NO2. The zero-order valence-corrected chi connectivity index (χ0v) is 7.80. The molecule has 0 aromatic rings. The lowest BCUT2D eigenvalue weighted by atomic mass is 9.93. The SMILES string of the molecule is CCOC(=O)C(C)[C@H]1CCNC1. The summed E-state index contributed by atoms with van der Waals surface area (Å²) in [6.45, 7) is 6.28. The van der Waals surface area contributed by atoms with Crippen molar-refractivity contribution in [2.75, 3.05) is 19.7 Å². The van der Waals surface area contributed by atoms with Crippen LogP contribution >= 0.6 is 0 Å². The molecule has 3 heteroatoms. The van der Waals surface area contributed by atoms with Gasteiger partial charge in [-0.3, -0.25) is 4.79 Å². The van der Waals surface area contributed by atoms with Crippen molar-refractivity contribution in [3.05, 3.63) is 0 Å². The average Bonchev–Trinajstić information content (AvgIpc) is 2.55. The van der Waals surface area contributed by atoms with E-state index < -0.39 is 0 Å². The summed E-state index contributed by atoms with van der Waals surface area (Å²) < 4.78 is 4.95. The van der Waals surface area contributed by atoms with Crippen LogP contribution in [0.15, 0.2) is 0 Å². The van der Waals surface area contributed by atoms with Crippen LogP contribution in [0.2, 0.25) is 0 Å². The summed E-state index contributed by atoms with van der Waals surface area (Å²) in [5.41, 5.74) is 0. The Morgan fingerprint density at radius 2 is 2.50 bits per heavy atom. The van der Waals surface area contributed by atoms with E-state index in [9.17, 15) is 4.79 Å². The van der Waals surface area contributed by atoms with Crippen LogP contribution in [0.1, 0.15) is 20.3 Å². The van der Waals surface area contributed by atoms with Gasteiger partial charge in [-0.1, -0.05) is 6.92 Å². The summed E-state index contributed by atoms with van der Waals surface area (Å²) in [5, 5.41) is 3.24. The van der Waals surface area contributed by atoms with Gasteiger partial charge in [-0.25, -0.2) is 0 Å². The van der Waals surface area contributed by atoms with Gasteiger partial charge < -0.3 is 10.1 Å². The molecule has 0 saturated carbocycles. The molecule has 1 aliphatic heterocycles. The Morgan fingerprint density at radius 1 is 1.75 bits per heavy atom. The van der Waals surface area contributed by atoms with E-state index in [4.69, 9.17) is 4.74 Å². The zero-order chi connectivity index (χ0) is 8.97. The molecule has 1 fully saturated rings. The Morgan fingerprint density at radius 3 is 3.00 bits per heavy atom. The van der Waals surface area contributed by atoms with E-state index in [1.807, 2.05) is 13.8 Å². The molecule has 3 nitrogen and oxygen atoms in total. The van der Waals surface area contributed by atoms with Gasteiger partial charge in [-0.15, -0.1) is 0 Å². The fraction of sp³-hybridized carbons (Fsp3) is 0.889. The molecule has 1 saturated heterocycles. The fourth-order valence-corrected chi connectivity index (χ4v) is 1.57. The average molecular weight is 171 g/mol. The van der Waals surface area contributed by atoms with E-state index in [0.717, 1.165) is 19.5 Å². The van der Waals surface area contributed by atoms with Crippen LogP contribution < -0.4 is 5.32 Å². The van der Waals surface area contributed by atoms with Crippen LogP contribution in [0.25, 0.3) is 0 Å². The predicted molar refractivity (Wildman–Crippen MR) is 46.8 cm³/mol. The monoisotopic (exact) mass is 171 g/mol. The number of esters is 1. The molecule has 1 heterocycles. The predicted octanol–water partition coefficient (Wildman–Crippen LogP) is 0.795. The molecular weight excluding hydrogens is 154 g/mol. The van der Waals surface area contributed by atoms with Crippen LogP contribution in [-0.2, 0) is 9.53 Å². The Labute approximate surface area is 73.5 Å². The van der Waals surface area contributed by atoms with Gasteiger partial charge in [-0.2, -0.15) is 0 Å². The Balaban J connectivity index is 2.34. The molecule has 1 unspecified atom stereocenters. The van der Waals surface area contributed by atoms with Gasteiger partial charge in [0.1, 0.15) is 0 Å². The number of ether oxygens (including phenoxy) is 1. The van der Waals surface area contributed by atoms with E-state index in [-0.39, 0.29) is 11.9 Å². The third-order valence-electron chi connectivity index (χ3n) is 2.46. The number of carbonyl (C=O) groups excluding carboxylic acids is 1. The number of hydrogen-bond acceptors (Lipinski definition) is 3. The molecule has 0 amide bonds. The summed E-state index contributed by atoms with van der Waals surface area (Å²) in [6.07, 6.45) is 1.10. The van der Waals surface area contributed by atoms with Crippen molar-refractivity contribution in [2.24, 2.45) is 11.8 Å². The standard InChI is InChI=1S/C9H17NO2/c1-3-12-9(11)7(2)8-4-5-10-6-8/h7-8,10H,3-6H2,1-2H3/t7?,8-/m0/s1. The van der Waals surface area contributed by atoms with Gasteiger partial charge in [0.05, 0.1) is 12.5 Å². The normalized spacial score (nSPS) is 25.3. The number of hydrogen-bond donors (Lipinski definition) is 1. The van der Waals surface area contributed by atoms with Crippen molar-refractivity contribution in [3.63, 3.8) is 0 Å². The van der Waals surface area contributed by atoms with Gasteiger partial charge in [0.15, 0.2) is 0 Å². The third-order valence-corrected chi connectivity index (χ3v) is 2.46. The first-order valence-corrected chi connectivity index (χ1v) is 4.63. The van der Waals surface area contributed by atoms with Crippen molar-refractivity contribution >= 4 is 5.97 Å². The van der Waals surface area contributed by atoms with Gasteiger partial charge >= 0.3 is 5.97 Å². The summed E-state index contributed by atoms with van der Waals surface area (Å²) >= 11 is 0.